The first-order valence-electron chi connectivity index (χ1n) is 6.94. The molecule has 1 atom stereocenters. The molecule has 108 valence electrons. The molecule has 3 aromatic rings. The first-order valence-corrected chi connectivity index (χ1v) is 6.94. The van der Waals surface area contributed by atoms with E-state index in [9.17, 15) is 5.11 Å². The second kappa shape index (κ2) is 5.58. The largest absolute Gasteiger partial charge is 0.486 e. The molecule has 0 saturated heterocycles. The summed E-state index contributed by atoms with van der Waals surface area (Å²) >= 11 is 0. The molecule has 1 heterocycles. The maximum Gasteiger partial charge on any atom is 0.133 e. The van der Waals surface area contributed by atoms with Crippen molar-refractivity contribution in [3.05, 3.63) is 60.2 Å². The lowest BCUT2D eigenvalue weighted by atomic mass is 10.0. The highest BCUT2D eigenvalue weighted by molar-refractivity contribution is 5.89. The van der Waals surface area contributed by atoms with Gasteiger partial charge in [0.2, 0.25) is 0 Å². The van der Waals surface area contributed by atoms with Crippen molar-refractivity contribution in [1.29, 1.82) is 0 Å². The predicted molar refractivity (Wildman–Crippen MR) is 82.1 cm³/mol. The highest BCUT2D eigenvalue weighted by Crippen LogP contribution is 2.34. The van der Waals surface area contributed by atoms with Crippen molar-refractivity contribution in [1.82, 2.24) is 9.55 Å². The van der Waals surface area contributed by atoms with Crippen molar-refractivity contribution >= 4 is 10.8 Å². The fraction of sp³-hybridized carbons (Fsp3) is 0.235. The van der Waals surface area contributed by atoms with Gasteiger partial charge in [0, 0.05) is 18.0 Å². The summed E-state index contributed by atoms with van der Waals surface area (Å²) in [4.78, 5) is 4.09. The number of aryl methyl sites for hydroxylation is 1. The molecule has 3 rings (SSSR count). The summed E-state index contributed by atoms with van der Waals surface area (Å²) in [5.41, 5.74) is 1.79. The summed E-state index contributed by atoms with van der Waals surface area (Å²) < 4.78 is 7.94. The van der Waals surface area contributed by atoms with Gasteiger partial charge in [-0.15, -0.1) is 0 Å². The zero-order valence-electron chi connectivity index (χ0n) is 12.2. The molecule has 2 aromatic carbocycles. The van der Waals surface area contributed by atoms with E-state index in [0.717, 1.165) is 27.8 Å². The maximum absolute atomic E-state index is 9.98. The third-order valence-corrected chi connectivity index (χ3v) is 3.64. The van der Waals surface area contributed by atoms with Crippen LogP contribution >= 0.6 is 0 Å². The van der Waals surface area contributed by atoms with E-state index in [-0.39, 0.29) is 0 Å². The first kappa shape index (κ1) is 13.6. The molecule has 0 bridgehead atoms. The molecule has 1 aromatic heterocycles. The number of ether oxygens (including phenoxy) is 1. The number of imidazole rings is 1. The quantitative estimate of drug-likeness (QED) is 0.799. The Morgan fingerprint density at radius 1 is 1.24 bits per heavy atom. The molecule has 0 fully saturated rings. The van der Waals surface area contributed by atoms with Crippen molar-refractivity contribution < 1.29 is 9.84 Å². The molecule has 1 N–H and O–H groups in total. The van der Waals surface area contributed by atoms with Gasteiger partial charge >= 0.3 is 0 Å². The average Bonchev–Trinajstić information content (AvgIpc) is 2.89. The number of fused-ring (bicyclic) bond motifs is 1. The second-order valence-corrected chi connectivity index (χ2v) is 5.17. The SMILES string of the molecule is CC(O)c1ccc2ccccc2c1OCc1cncn1C. The van der Waals surface area contributed by atoms with Crippen LogP contribution in [0.3, 0.4) is 0 Å². The van der Waals surface area contributed by atoms with Gasteiger partial charge in [-0.3, -0.25) is 0 Å². The number of aromatic nitrogens is 2. The van der Waals surface area contributed by atoms with Crippen LogP contribution < -0.4 is 4.74 Å². The van der Waals surface area contributed by atoms with Gasteiger partial charge in [-0.05, 0) is 12.3 Å². The molecule has 0 aliphatic rings. The fourth-order valence-electron chi connectivity index (χ4n) is 2.42. The molecule has 4 heteroatoms. The normalized spacial score (nSPS) is 12.5. The lowest BCUT2D eigenvalue weighted by Crippen LogP contribution is -2.04. The van der Waals surface area contributed by atoms with Crippen LogP contribution in [0.1, 0.15) is 24.3 Å². The summed E-state index contributed by atoms with van der Waals surface area (Å²) in [6, 6.07) is 12.0. The molecule has 1 unspecified atom stereocenters. The minimum absolute atomic E-state index is 0.421. The molecule has 0 saturated carbocycles. The summed E-state index contributed by atoms with van der Waals surface area (Å²) in [6.45, 7) is 2.17. The van der Waals surface area contributed by atoms with Gasteiger partial charge in [0.15, 0.2) is 0 Å². The van der Waals surface area contributed by atoms with Crippen LogP contribution in [0.25, 0.3) is 10.8 Å². The number of aliphatic hydroxyl groups excluding tert-OH is 1. The Kier molecular flexibility index (Phi) is 3.62. The van der Waals surface area contributed by atoms with E-state index in [1.807, 2.05) is 48.0 Å². The van der Waals surface area contributed by atoms with E-state index >= 15 is 0 Å². The van der Waals surface area contributed by atoms with Gasteiger partial charge in [-0.25, -0.2) is 4.98 Å². The number of nitrogens with zero attached hydrogens (tertiary/aromatic N) is 2. The van der Waals surface area contributed by atoms with E-state index in [0.29, 0.717) is 6.61 Å². The van der Waals surface area contributed by atoms with Gasteiger partial charge in [0.25, 0.3) is 0 Å². The zero-order valence-corrected chi connectivity index (χ0v) is 12.2. The smallest absolute Gasteiger partial charge is 0.133 e. The topological polar surface area (TPSA) is 47.3 Å². The maximum atomic E-state index is 9.98. The third-order valence-electron chi connectivity index (χ3n) is 3.64. The second-order valence-electron chi connectivity index (χ2n) is 5.17. The number of rotatable bonds is 4. The Morgan fingerprint density at radius 2 is 2.05 bits per heavy atom. The minimum atomic E-state index is -0.573. The Morgan fingerprint density at radius 3 is 2.76 bits per heavy atom. The highest BCUT2D eigenvalue weighted by atomic mass is 16.5. The minimum Gasteiger partial charge on any atom is -0.486 e. The molecule has 0 spiro atoms. The standard InChI is InChI=1S/C17H18N2O2/c1-12(20)15-8-7-13-5-3-4-6-16(13)17(15)21-10-14-9-18-11-19(14)2/h3-9,11-12,20H,10H2,1-2H3. The number of hydrogen-bond acceptors (Lipinski definition) is 3. The first-order chi connectivity index (χ1) is 10.2. The van der Waals surface area contributed by atoms with Gasteiger partial charge in [-0.2, -0.15) is 0 Å². The van der Waals surface area contributed by atoms with Crippen molar-refractivity contribution in [2.24, 2.45) is 7.05 Å². The summed E-state index contributed by atoms with van der Waals surface area (Å²) in [6.07, 6.45) is 2.96. The lowest BCUT2D eigenvalue weighted by molar-refractivity contribution is 0.190. The highest BCUT2D eigenvalue weighted by Gasteiger charge is 2.13. The van der Waals surface area contributed by atoms with Crippen LogP contribution in [0.2, 0.25) is 0 Å². The predicted octanol–water partition coefficient (Wildman–Crippen LogP) is 3.21. The van der Waals surface area contributed by atoms with Crippen LogP contribution in [0.15, 0.2) is 48.9 Å². The van der Waals surface area contributed by atoms with E-state index in [4.69, 9.17) is 4.74 Å². The van der Waals surface area contributed by atoms with Gasteiger partial charge < -0.3 is 14.4 Å². The van der Waals surface area contributed by atoms with E-state index in [1.165, 1.54) is 0 Å². The van der Waals surface area contributed by atoms with Gasteiger partial charge in [-0.1, -0.05) is 36.4 Å². The molecule has 4 nitrogen and oxygen atoms in total. The van der Waals surface area contributed by atoms with Crippen LogP contribution in [-0.4, -0.2) is 14.7 Å². The van der Waals surface area contributed by atoms with Crippen molar-refractivity contribution in [2.75, 3.05) is 0 Å². The Hall–Kier alpha value is -2.33. The van der Waals surface area contributed by atoms with Crippen molar-refractivity contribution in [3.63, 3.8) is 0 Å². The monoisotopic (exact) mass is 282 g/mol. The molecular formula is C17H18N2O2. The average molecular weight is 282 g/mol. The van der Waals surface area contributed by atoms with Crippen LogP contribution in [-0.2, 0) is 13.7 Å². The zero-order chi connectivity index (χ0) is 14.8. The number of hydrogen-bond donors (Lipinski definition) is 1. The molecule has 0 aliphatic carbocycles. The fourth-order valence-corrected chi connectivity index (χ4v) is 2.42. The van der Waals surface area contributed by atoms with E-state index < -0.39 is 6.10 Å². The Balaban J connectivity index is 2.02. The molecule has 0 radical (unpaired) electrons. The molecule has 21 heavy (non-hydrogen) atoms. The number of aliphatic hydroxyl groups is 1. The number of benzene rings is 2. The van der Waals surface area contributed by atoms with Gasteiger partial charge in [0.1, 0.15) is 12.4 Å². The summed E-state index contributed by atoms with van der Waals surface area (Å²) in [5.74, 6) is 0.740. The Bertz CT molecular complexity index is 762. The van der Waals surface area contributed by atoms with Gasteiger partial charge in [0.05, 0.1) is 24.3 Å². The molecular weight excluding hydrogens is 264 g/mol. The third kappa shape index (κ3) is 2.62. The van der Waals surface area contributed by atoms with E-state index in [2.05, 4.69) is 4.98 Å². The van der Waals surface area contributed by atoms with Crippen LogP contribution in [0, 0.1) is 0 Å². The lowest BCUT2D eigenvalue weighted by Gasteiger charge is -2.16. The summed E-state index contributed by atoms with van der Waals surface area (Å²) in [5, 5.41) is 12.1. The van der Waals surface area contributed by atoms with E-state index in [1.54, 1.807) is 19.4 Å². The van der Waals surface area contributed by atoms with Crippen LogP contribution in [0.5, 0.6) is 5.75 Å². The Labute approximate surface area is 123 Å². The molecule has 0 amide bonds. The summed E-state index contributed by atoms with van der Waals surface area (Å²) in [7, 11) is 1.93. The van der Waals surface area contributed by atoms with Crippen LogP contribution in [0.4, 0.5) is 0 Å². The molecule has 0 aliphatic heterocycles. The van der Waals surface area contributed by atoms with Crippen molar-refractivity contribution in [3.8, 4) is 5.75 Å². The van der Waals surface area contributed by atoms with Crippen molar-refractivity contribution in [2.45, 2.75) is 19.6 Å².